The lowest BCUT2D eigenvalue weighted by Gasteiger charge is -2.13. The Balaban J connectivity index is 1.68. The van der Waals surface area contributed by atoms with E-state index in [2.05, 4.69) is 10.3 Å². The van der Waals surface area contributed by atoms with Gasteiger partial charge in [0.2, 0.25) is 0 Å². The number of methoxy groups -OCH3 is 2. The number of carbonyl (C=O) groups is 1. The van der Waals surface area contributed by atoms with Gasteiger partial charge in [-0.1, -0.05) is 29.3 Å². The predicted molar refractivity (Wildman–Crippen MR) is 129 cm³/mol. The fourth-order valence-corrected chi connectivity index (χ4v) is 3.23. The van der Waals surface area contributed by atoms with E-state index in [0.29, 0.717) is 27.0 Å². The molecule has 0 heterocycles. The van der Waals surface area contributed by atoms with Gasteiger partial charge in [0, 0.05) is 16.9 Å². The van der Waals surface area contributed by atoms with Gasteiger partial charge in [0.05, 0.1) is 24.9 Å². The highest BCUT2D eigenvalue weighted by atomic mass is 35.5. The second-order valence-electron chi connectivity index (χ2n) is 6.79. The van der Waals surface area contributed by atoms with Crippen LogP contribution in [-0.2, 0) is 4.79 Å². The van der Waals surface area contributed by atoms with E-state index in [1.54, 1.807) is 37.6 Å². The van der Waals surface area contributed by atoms with Crippen LogP contribution in [0.25, 0.3) is 0 Å². The molecule has 32 heavy (non-hydrogen) atoms. The summed E-state index contributed by atoms with van der Waals surface area (Å²) in [6, 6.07) is 16.0. The second-order valence-corrected chi connectivity index (χ2v) is 7.61. The SMILES string of the molecule is COc1ccc(N=Cc2cc(Cl)c(OCC(=O)Nc3ccc(C)c(Cl)c3)c(OC)c2)cc1. The van der Waals surface area contributed by atoms with Gasteiger partial charge >= 0.3 is 0 Å². The van der Waals surface area contributed by atoms with Gasteiger partial charge in [-0.25, -0.2) is 0 Å². The number of carbonyl (C=O) groups excluding carboxylic acids is 1. The summed E-state index contributed by atoms with van der Waals surface area (Å²) in [4.78, 5) is 16.7. The van der Waals surface area contributed by atoms with E-state index in [4.69, 9.17) is 37.4 Å². The molecule has 3 aromatic rings. The Kier molecular flexibility index (Phi) is 7.98. The average Bonchev–Trinajstić information content (AvgIpc) is 2.79. The number of aliphatic imine (C=N–C) groups is 1. The van der Waals surface area contributed by atoms with Crippen molar-refractivity contribution < 1.29 is 19.0 Å². The topological polar surface area (TPSA) is 69.2 Å². The van der Waals surface area contributed by atoms with Crippen molar-refractivity contribution in [2.75, 3.05) is 26.1 Å². The molecule has 166 valence electrons. The molecule has 0 saturated carbocycles. The molecule has 3 rings (SSSR count). The summed E-state index contributed by atoms with van der Waals surface area (Å²) in [6.07, 6.45) is 1.66. The Labute approximate surface area is 196 Å². The molecule has 6 nitrogen and oxygen atoms in total. The highest BCUT2D eigenvalue weighted by Crippen LogP contribution is 2.36. The summed E-state index contributed by atoms with van der Waals surface area (Å²) in [5.74, 6) is 1.06. The minimum absolute atomic E-state index is 0.249. The van der Waals surface area contributed by atoms with E-state index >= 15 is 0 Å². The third-order valence-electron chi connectivity index (χ3n) is 4.49. The molecule has 0 fully saturated rings. The summed E-state index contributed by atoms with van der Waals surface area (Å²) < 4.78 is 16.2. The van der Waals surface area contributed by atoms with Gasteiger partial charge < -0.3 is 19.5 Å². The van der Waals surface area contributed by atoms with Gasteiger partial charge in [0.15, 0.2) is 18.1 Å². The van der Waals surface area contributed by atoms with Crippen molar-refractivity contribution in [3.8, 4) is 17.2 Å². The van der Waals surface area contributed by atoms with Gasteiger partial charge in [-0.2, -0.15) is 0 Å². The zero-order valence-corrected chi connectivity index (χ0v) is 19.3. The summed E-state index contributed by atoms with van der Waals surface area (Å²) in [7, 11) is 3.11. The summed E-state index contributed by atoms with van der Waals surface area (Å²) in [6.45, 7) is 1.64. The molecule has 0 radical (unpaired) electrons. The Morgan fingerprint density at radius 3 is 2.41 bits per heavy atom. The number of anilines is 1. The van der Waals surface area contributed by atoms with E-state index < -0.39 is 0 Å². The first kappa shape index (κ1) is 23.4. The normalized spacial score (nSPS) is 10.8. The van der Waals surface area contributed by atoms with Crippen LogP contribution in [0.5, 0.6) is 17.2 Å². The third kappa shape index (κ3) is 6.15. The van der Waals surface area contributed by atoms with E-state index in [0.717, 1.165) is 17.0 Å². The Morgan fingerprint density at radius 1 is 1.00 bits per heavy atom. The van der Waals surface area contributed by atoms with E-state index in [1.165, 1.54) is 7.11 Å². The Bertz CT molecular complexity index is 1130. The molecule has 0 atom stereocenters. The molecule has 0 aliphatic rings. The zero-order chi connectivity index (χ0) is 23.1. The predicted octanol–water partition coefficient (Wildman–Crippen LogP) is 6.09. The number of hydrogen-bond acceptors (Lipinski definition) is 5. The van der Waals surface area contributed by atoms with Crippen molar-refractivity contribution in [1.82, 2.24) is 0 Å². The van der Waals surface area contributed by atoms with Crippen molar-refractivity contribution in [2.24, 2.45) is 4.99 Å². The molecule has 0 spiro atoms. The Morgan fingerprint density at radius 2 is 1.75 bits per heavy atom. The van der Waals surface area contributed by atoms with Crippen LogP contribution in [0.3, 0.4) is 0 Å². The van der Waals surface area contributed by atoms with Crippen LogP contribution in [0.4, 0.5) is 11.4 Å². The number of amides is 1. The number of aryl methyl sites for hydroxylation is 1. The summed E-state index contributed by atoms with van der Waals surface area (Å²) >= 11 is 12.5. The van der Waals surface area contributed by atoms with Gasteiger partial charge in [-0.05, 0) is 66.6 Å². The lowest BCUT2D eigenvalue weighted by Crippen LogP contribution is -2.20. The minimum atomic E-state index is -0.354. The van der Waals surface area contributed by atoms with Crippen LogP contribution in [0.2, 0.25) is 10.0 Å². The minimum Gasteiger partial charge on any atom is -0.497 e. The van der Waals surface area contributed by atoms with Crippen LogP contribution < -0.4 is 19.5 Å². The maximum absolute atomic E-state index is 12.3. The molecule has 3 aromatic carbocycles. The zero-order valence-electron chi connectivity index (χ0n) is 17.8. The molecule has 0 aromatic heterocycles. The largest absolute Gasteiger partial charge is 0.497 e. The van der Waals surface area contributed by atoms with E-state index in [-0.39, 0.29) is 18.3 Å². The number of hydrogen-bond donors (Lipinski definition) is 1. The lowest BCUT2D eigenvalue weighted by molar-refractivity contribution is -0.118. The quantitative estimate of drug-likeness (QED) is 0.402. The maximum Gasteiger partial charge on any atom is 0.262 e. The number of nitrogens with zero attached hydrogens (tertiary/aromatic N) is 1. The fraction of sp³-hybridized carbons (Fsp3) is 0.167. The van der Waals surface area contributed by atoms with Crippen LogP contribution in [0, 0.1) is 6.92 Å². The summed E-state index contributed by atoms with van der Waals surface area (Å²) in [5, 5.41) is 3.60. The molecular weight excluding hydrogens is 451 g/mol. The monoisotopic (exact) mass is 472 g/mol. The number of halogens is 2. The molecule has 8 heteroatoms. The van der Waals surface area contributed by atoms with Crippen molar-refractivity contribution in [2.45, 2.75) is 6.92 Å². The number of ether oxygens (including phenoxy) is 3. The van der Waals surface area contributed by atoms with Crippen molar-refractivity contribution in [3.05, 3.63) is 75.8 Å². The van der Waals surface area contributed by atoms with Gasteiger partial charge in [0.25, 0.3) is 5.91 Å². The molecule has 0 bridgehead atoms. The molecule has 0 aliphatic carbocycles. The van der Waals surface area contributed by atoms with Gasteiger partial charge in [0.1, 0.15) is 5.75 Å². The highest BCUT2D eigenvalue weighted by Gasteiger charge is 2.14. The second kappa shape index (κ2) is 10.9. The molecule has 1 amide bonds. The van der Waals surface area contributed by atoms with Crippen LogP contribution in [0.1, 0.15) is 11.1 Å². The van der Waals surface area contributed by atoms with Crippen molar-refractivity contribution >= 4 is 46.7 Å². The lowest BCUT2D eigenvalue weighted by atomic mass is 10.2. The number of benzene rings is 3. The molecular formula is C24H22Cl2N2O4. The van der Waals surface area contributed by atoms with Crippen molar-refractivity contribution in [3.63, 3.8) is 0 Å². The third-order valence-corrected chi connectivity index (χ3v) is 5.18. The Hall–Kier alpha value is -3.22. The number of rotatable bonds is 8. The molecule has 1 N–H and O–H groups in total. The average molecular weight is 473 g/mol. The molecule has 0 unspecified atom stereocenters. The van der Waals surface area contributed by atoms with E-state index in [1.807, 2.05) is 37.3 Å². The van der Waals surface area contributed by atoms with Gasteiger partial charge in [-0.15, -0.1) is 0 Å². The summed E-state index contributed by atoms with van der Waals surface area (Å²) in [5.41, 5.74) is 2.98. The highest BCUT2D eigenvalue weighted by molar-refractivity contribution is 6.32. The molecule has 0 saturated heterocycles. The van der Waals surface area contributed by atoms with E-state index in [9.17, 15) is 4.79 Å². The first-order valence-electron chi connectivity index (χ1n) is 9.64. The van der Waals surface area contributed by atoms with Crippen LogP contribution in [0.15, 0.2) is 59.6 Å². The van der Waals surface area contributed by atoms with Crippen molar-refractivity contribution in [1.29, 1.82) is 0 Å². The van der Waals surface area contributed by atoms with Gasteiger partial charge in [-0.3, -0.25) is 9.79 Å². The first-order valence-corrected chi connectivity index (χ1v) is 10.4. The van der Waals surface area contributed by atoms with Crippen LogP contribution in [-0.4, -0.2) is 32.9 Å². The van der Waals surface area contributed by atoms with Crippen LogP contribution >= 0.6 is 23.2 Å². The first-order chi connectivity index (χ1) is 15.4. The molecule has 0 aliphatic heterocycles. The maximum atomic E-state index is 12.3. The standard InChI is InChI=1S/C24H22Cl2N2O4/c1-15-4-5-18(12-20(15)25)28-23(29)14-32-24-21(26)10-16(11-22(24)31-3)13-27-17-6-8-19(30-2)9-7-17/h4-13H,14H2,1-3H3,(H,28,29). The smallest absolute Gasteiger partial charge is 0.262 e. The fourth-order valence-electron chi connectivity index (χ4n) is 2.78. The number of nitrogens with one attached hydrogen (secondary N) is 1.